The van der Waals surface area contributed by atoms with E-state index in [1.807, 2.05) is 54.6 Å². The highest BCUT2D eigenvalue weighted by molar-refractivity contribution is 7.80. The van der Waals surface area contributed by atoms with Gasteiger partial charge in [-0.05, 0) is 54.9 Å². The van der Waals surface area contributed by atoms with Crippen molar-refractivity contribution in [1.82, 2.24) is 15.3 Å². The Morgan fingerprint density at radius 1 is 0.973 bits per heavy atom. The third kappa shape index (κ3) is 6.67. The van der Waals surface area contributed by atoms with Gasteiger partial charge in [0.15, 0.2) is 5.11 Å². The molecule has 2 aromatic carbocycles. The van der Waals surface area contributed by atoms with E-state index in [9.17, 15) is 0 Å². The third-order valence-electron chi connectivity index (χ3n) is 6.69. The molecule has 0 atom stereocenters. The molecule has 3 aromatic rings. The molecule has 2 aliphatic rings. The van der Waals surface area contributed by atoms with Crippen molar-refractivity contribution in [3.8, 4) is 11.6 Å². The summed E-state index contributed by atoms with van der Waals surface area (Å²) in [5.74, 6) is 2.27. The van der Waals surface area contributed by atoms with Crippen LogP contribution in [0.3, 0.4) is 0 Å². The summed E-state index contributed by atoms with van der Waals surface area (Å²) in [6, 6.07) is 19.4. The molecule has 2 saturated heterocycles. The van der Waals surface area contributed by atoms with Gasteiger partial charge in [-0.1, -0.05) is 41.9 Å². The lowest BCUT2D eigenvalue weighted by atomic mass is 9.74. The largest absolute Gasteiger partial charge is 0.439 e. The normalized spacial score (nSPS) is 17.2. The molecule has 1 aromatic heterocycles. The lowest BCUT2D eigenvalue weighted by Crippen LogP contribution is -2.45. The molecule has 0 bridgehead atoms. The molecular formula is C27H30ClN5O3S. The van der Waals surface area contributed by atoms with Gasteiger partial charge in [-0.3, -0.25) is 0 Å². The molecule has 0 amide bonds. The number of rotatable bonds is 7. The van der Waals surface area contributed by atoms with Crippen LogP contribution in [0.2, 0.25) is 5.02 Å². The molecule has 10 heteroatoms. The molecular weight excluding hydrogens is 510 g/mol. The fourth-order valence-corrected chi connectivity index (χ4v) is 4.98. The van der Waals surface area contributed by atoms with Crippen LogP contribution in [0.4, 0.5) is 11.8 Å². The number of para-hydroxylation sites is 1. The number of thiocarbonyl (C=S) groups is 1. The number of hydrogen-bond acceptors (Lipinski definition) is 7. The summed E-state index contributed by atoms with van der Waals surface area (Å²) in [5.41, 5.74) is 1.05. The van der Waals surface area contributed by atoms with Crippen molar-refractivity contribution in [1.29, 1.82) is 0 Å². The van der Waals surface area contributed by atoms with Crippen LogP contribution in [-0.2, 0) is 14.9 Å². The third-order valence-corrected chi connectivity index (χ3v) is 7.17. The highest BCUT2D eigenvalue weighted by Gasteiger charge is 2.34. The van der Waals surface area contributed by atoms with Crippen molar-refractivity contribution < 1.29 is 14.2 Å². The Kier molecular flexibility index (Phi) is 8.35. The van der Waals surface area contributed by atoms with Crippen molar-refractivity contribution in [2.45, 2.75) is 18.3 Å². The predicted molar refractivity (Wildman–Crippen MR) is 149 cm³/mol. The second kappa shape index (κ2) is 12.0. The summed E-state index contributed by atoms with van der Waals surface area (Å²) < 4.78 is 17.2. The number of nitrogens with one attached hydrogen (secondary N) is 2. The molecule has 5 rings (SSSR count). The Bertz CT molecular complexity index is 1200. The molecule has 3 heterocycles. The number of hydrogen-bond donors (Lipinski definition) is 2. The molecule has 0 unspecified atom stereocenters. The van der Waals surface area contributed by atoms with E-state index in [1.165, 1.54) is 5.56 Å². The van der Waals surface area contributed by atoms with Gasteiger partial charge in [0.05, 0.1) is 13.2 Å². The number of ether oxygens (including phenoxy) is 3. The summed E-state index contributed by atoms with van der Waals surface area (Å²) in [5, 5.41) is 7.73. The lowest BCUT2D eigenvalue weighted by molar-refractivity contribution is 0.0515. The van der Waals surface area contributed by atoms with Crippen LogP contribution in [0.1, 0.15) is 18.4 Å². The minimum absolute atomic E-state index is 0.132. The van der Waals surface area contributed by atoms with Gasteiger partial charge in [-0.2, -0.15) is 9.97 Å². The van der Waals surface area contributed by atoms with E-state index in [-0.39, 0.29) is 5.41 Å². The summed E-state index contributed by atoms with van der Waals surface area (Å²) in [6.07, 6.45) is 1.75. The van der Waals surface area contributed by atoms with Gasteiger partial charge >= 0.3 is 0 Å². The maximum Gasteiger partial charge on any atom is 0.234 e. The van der Waals surface area contributed by atoms with Crippen LogP contribution in [0.25, 0.3) is 0 Å². The van der Waals surface area contributed by atoms with E-state index in [1.54, 1.807) is 0 Å². The Labute approximate surface area is 227 Å². The molecule has 0 saturated carbocycles. The van der Waals surface area contributed by atoms with Crippen LogP contribution in [0, 0.1) is 0 Å². The monoisotopic (exact) mass is 539 g/mol. The Morgan fingerprint density at radius 3 is 2.49 bits per heavy atom. The first-order valence-electron chi connectivity index (χ1n) is 12.4. The van der Waals surface area contributed by atoms with Crippen LogP contribution >= 0.6 is 23.8 Å². The second-order valence-electron chi connectivity index (χ2n) is 9.11. The number of morpholine rings is 1. The Morgan fingerprint density at radius 2 is 1.73 bits per heavy atom. The highest BCUT2D eigenvalue weighted by Crippen LogP contribution is 2.35. The van der Waals surface area contributed by atoms with E-state index in [0.29, 0.717) is 55.7 Å². The first-order chi connectivity index (χ1) is 18.1. The minimum Gasteiger partial charge on any atom is -0.439 e. The fourth-order valence-electron chi connectivity index (χ4n) is 4.63. The van der Waals surface area contributed by atoms with Gasteiger partial charge in [0, 0.05) is 49.4 Å². The molecule has 0 spiro atoms. The highest BCUT2D eigenvalue weighted by atomic mass is 35.5. The fraction of sp³-hybridized carbons (Fsp3) is 0.370. The second-order valence-corrected chi connectivity index (χ2v) is 9.96. The van der Waals surface area contributed by atoms with E-state index in [4.69, 9.17) is 43.0 Å². The van der Waals surface area contributed by atoms with Gasteiger partial charge in [0.2, 0.25) is 11.8 Å². The van der Waals surface area contributed by atoms with Gasteiger partial charge in [0.1, 0.15) is 11.6 Å². The van der Waals surface area contributed by atoms with Crippen LogP contribution in [0.15, 0.2) is 60.7 Å². The molecule has 2 N–H and O–H groups in total. The van der Waals surface area contributed by atoms with Crippen molar-refractivity contribution in [2.24, 2.45) is 0 Å². The van der Waals surface area contributed by atoms with Crippen molar-refractivity contribution in [3.63, 3.8) is 0 Å². The molecule has 2 fully saturated rings. The lowest BCUT2D eigenvalue weighted by Gasteiger charge is -2.38. The first kappa shape index (κ1) is 25.7. The number of benzene rings is 2. The zero-order chi connectivity index (χ0) is 25.5. The first-order valence-corrected chi connectivity index (χ1v) is 13.2. The molecule has 194 valence electrons. The van der Waals surface area contributed by atoms with Crippen molar-refractivity contribution in [3.05, 3.63) is 71.2 Å². The van der Waals surface area contributed by atoms with Gasteiger partial charge in [0.25, 0.3) is 0 Å². The summed E-state index contributed by atoms with van der Waals surface area (Å²) in [6.45, 7) is 4.81. The van der Waals surface area contributed by atoms with Crippen LogP contribution < -0.4 is 20.3 Å². The molecule has 37 heavy (non-hydrogen) atoms. The van der Waals surface area contributed by atoms with Crippen molar-refractivity contribution in [2.75, 3.05) is 56.3 Å². The zero-order valence-electron chi connectivity index (χ0n) is 20.5. The van der Waals surface area contributed by atoms with E-state index >= 15 is 0 Å². The zero-order valence-corrected chi connectivity index (χ0v) is 22.1. The molecule has 0 radical (unpaired) electrons. The van der Waals surface area contributed by atoms with Crippen LogP contribution in [-0.4, -0.2) is 61.1 Å². The Hall–Kier alpha value is -2.98. The smallest absolute Gasteiger partial charge is 0.234 e. The van der Waals surface area contributed by atoms with Gasteiger partial charge in [-0.25, -0.2) is 0 Å². The number of aromatic nitrogens is 2. The SMILES string of the molecule is S=C(NCC1(c2cccc(Cl)c2)CCOCC1)Nc1nc(Oc2ccccc2)cc(N2CCOCC2)n1. The molecule has 8 nitrogen and oxygen atoms in total. The summed E-state index contributed by atoms with van der Waals surface area (Å²) in [4.78, 5) is 11.5. The molecule has 0 aliphatic carbocycles. The number of anilines is 2. The maximum atomic E-state index is 6.32. The van der Waals surface area contributed by atoms with Crippen LogP contribution in [0.5, 0.6) is 11.6 Å². The number of nitrogens with zero attached hydrogens (tertiary/aromatic N) is 3. The number of halogens is 1. The van der Waals surface area contributed by atoms with Gasteiger partial charge in [-0.15, -0.1) is 0 Å². The maximum absolute atomic E-state index is 6.32. The standard InChI is InChI=1S/C27H30ClN5O3S/c28-21-6-4-5-20(17-21)27(9-13-34-14-10-27)19-29-26(37)32-25-30-23(33-11-15-35-16-12-33)18-24(31-25)36-22-7-2-1-3-8-22/h1-8,17-18H,9-16,19H2,(H2,29,30,31,32,37). The van der Waals surface area contributed by atoms with Gasteiger partial charge < -0.3 is 29.7 Å². The minimum atomic E-state index is -0.132. The van der Waals surface area contributed by atoms with E-state index in [0.717, 1.165) is 36.8 Å². The molecule has 2 aliphatic heterocycles. The quantitative estimate of drug-likeness (QED) is 0.412. The summed E-state index contributed by atoms with van der Waals surface area (Å²) in [7, 11) is 0. The van der Waals surface area contributed by atoms with Crippen molar-refractivity contribution >= 4 is 40.7 Å². The summed E-state index contributed by atoms with van der Waals surface area (Å²) >= 11 is 12.0. The van der Waals surface area contributed by atoms with E-state index < -0.39 is 0 Å². The topological polar surface area (TPSA) is 80.8 Å². The average molecular weight is 540 g/mol. The van der Waals surface area contributed by atoms with E-state index in [2.05, 4.69) is 26.6 Å². The predicted octanol–water partition coefficient (Wildman–Crippen LogP) is 4.79. The average Bonchev–Trinajstić information content (AvgIpc) is 2.93. The Balaban J connectivity index is 1.32.